The molecule has 3 heterocycles. The summed E-state index contributed by atoms with van der Waals surface area (Å²) in [6.45, 7) is 4.15. The summed E-state index contributed by atoms with van der Waals surface area (Å²) in [7, 11) is 1.93. The highest BCUT2D eigenvalue weighted by atomic mass is 35.5. The highest BCUT2D eigenvalue weighted by Crippen LogP contribution is 2.35. The van der Waals surface area contributed by atoms with Crippen molar-refractivity contribution in [3.05, 3.63) is 28.3 Å². The first kappa shape index (κ1) is 21.9. The molecule has 0 saturated carbocycles. The molecule has 0 aromatic carbocycles. The van der Waals surface area contributed by atoms with Crippen molar-refractivity contribution in [1.29, 1.82) is 0 Å². The standard InChI is InChI=1S/C18H22F3N3OS.ClH/c1-11-13-3-4-14(18(19,20)21)23-16(13)26-15(11)17(25)24-9-6-12(7-10-24)5-8-22-2;/h3-4,12,22H,5-10H2,1-2H3;1H. The van der Waals surface area contributed by atoms with Crippen molar-refractivity contribution in [1.82, 2.24) is 15.2 Å². The number of nitrogens with one attached hydrogen (secondary N) is 1. The van der Waals surface area contributed by atoms with E-state index in [2.05, 4.69) is 10.3 Å². The average Bonchev–Trinajstić information content (AvgIpc) is 2.95. The van der Waals surface area contributed by atoms with Crippen molar-refractivity contribution in [2.45, 2.75) is 32.4 Å². The van der Waals surface area contributed by atoms with Crippen LogP contribution in [0.1, 0.15) is 40.2 Å². The molecule has 0 unspecified atom stereocenters. The molecule has 4 nitrogen and oxygen atoms in total. The van der Waals surface area contributed by atoms with Crippen LogP contribution in [0.5, 0.6) is 0 Å². The number of alkyl halides is 3. The zero-order valence-corrected chi connectivity index (χ0v) is 16.9. The number of aryl methyl sites for hydroxylation is 1. The summed E-state index contributed by atoms with van der Waals surface area (Å²) in [6.07, 6.45) is -1.45. The summed E-state index contributed by atoms with van der Waals surface area (Å²) >= 11 is 1.06. The van der Waals surface area contributed by atoms with Gasteiger partial charge in [-0.3, -0.25) is 4.79 Å². The number of rotatable bonds is 4. The molecule has 0 spiro atoms. The van der Waals surface area contributed by atoms with Crippen LogP contribution in [0.15, 0.2) is 12.1 Å². The quantitative estimate of drug-likeness (QED) is 0.790. The van der Waals surface area contributed by atoms with Crippen LogP contribution in [-0.2, 0) is 6.18 Å². The molecule has 1 N–H and O–H groups in total. The van der Waals surface area contributed by atoms with Gasteiger partial charge in [-0.25, -0.2) is 4.98 Å². The molecule has 150 valence electrons. The van der Waals surface area contributed by atoms with Gasteiger partial charge in [0.15, 0.2) is 0 Å². The zero-order valence-electron chi connectivity index (χ0n) is 15.2. The number of carbonyl (C=O) groups is 1. The Labute approximate surface area is 166 Å². The van der Waals surface area contributed by atoms with E-state index in [4.69, 9.17) is 0 Å². The van der Waals surface area contributed by atoms with E-state index >= 15 is 0 Å². The van der Waals surface area contributed by atoms with Gasteiger partial charge >= 0.3 is 6.18 Å². The van der Waals surface area contributed by atoms with Crippen LogP contribution in [-0.4, -0.2) is 42.5 Å². The molecular weight excluding hydrogens is 399 g/mol. The Morgan fingerprint density at radius 1 is 1.33 bits per heavy atom. The maximum Gasteiger partial charge on any atom is 0.433 e. The first-order valence-corrected chi connectivity index (χ1v) is 9.54. The number of amides is 1. The highest BCUT2D eigenvalue weighted by Gasteiger charge is 2.33. The number of halogens is 4. The van der Waals surface area contributed by atoms with E-state index in [1.165, 1.54) is 6.07 Å². The van der Waals surface area contributed by atoms with E-state index < -0.39 is 11.9 Å². The fraction of sp³-hybridized carbons (Fsp3) is 0.556. The number of fused-ring (bicyclic) bond motifs is 1. The monoisotopic (exact) mass is 421 g/mol. The number of likely N-dealkylation sites (tertiary alicyclic amines) is 1. The summed E-state index contributed by atoms with van der Waals surface area (Å²) in [5, 5.41) is 3.77. The van der Waals surface area contributed by atoms with Crippen molar-refractivity contribution in [3.8, 4) is 0 Å². The topological polar surface area (TPSA) is 45.2 Å². The Hall–Kier alpha value is -1.38. The van der Waals surface area contributed by atoms with Crippen LogP contribution in [0.3, 0.4) is 0 Å². The minimum Gasteiger partial charge on any atom is -0.338 e. The van der Waals surface area contributed by atoms with E-state index in [1.807, 2.05) is 11.9 Å². The van der Waals surface area contributed by atoms with Crippen molar-refractivity contribution in [3.63, 3.8) is 0 Å². The van der Waals surface area contributed by atoms with E-state index in [0.717, 1.165) is 43.2 Å². The Morgan fingerprint density at radius 3 is 2.59 bits per heavy atom. The van der Waals surface area contributed by atoms with Crippen molar-refractivity contribution in [2.24, 2.45) is 5.92 Å². The lowest BCUT2D eigenvalue weighted by Crippen LogP contribution is -2.38. The van der Waals surface area contributed by atoms with Gasteiger partial charge in [0.1, 0.15) is 10.5 Å². The van der Waals surface area contributed by atoms with Gasteiger partial charge in [0, 0.05) is 18.5 Å². The van der Waals surface area contributed by atoms with Gasteiger partial charge in [0.05, 0.1) is 4.88 Å². The number of thiophene rings is 1. The molecule has 1 fully saturated rings. The second kappa shape index (κ2) is 8.75. The molecule has 1 saturated heterocycles. The predicted molar refractivity (Wildman–Crippen MR) is 104 cm³/mol. The second-order valence-corrected chi connectivity index (χ2v) is 7.73. The predicted octanol–water partition coefficient (Wildman–Crippen LogP) is 4.51. The largest absolute Gasteiger partial charge is 0.433 e. The summed E-state index contributed by atoms with van der Waals surface area (Å²) < 4.78 is 38.6. The number of carbonyl (C=O) groups excluding carboxylic acids is 1. The first-order valence-electron chi connectivity index (χ1n) is 8.72. The zero-order chi connectivity index (χ0) is 18.9. The van der Waals surface area contributed by atoms with Gasteiger partial charge in [0.25, 0.3) is 5.91 Å². The third kappa shape index (κ3) is 4.73. The Bertz CT molecular complexity index is 801. The fourth-order valence-electron chi connectivity index (χ4n) is 3.38. The number of aromatic nitrogens is 1. The van der Waals surface area contributed by atoms with Crippen LogP contribution in [0.25, 0.3) is 10.2 Å². The summed E-state index contributed by atoms with van der Waals surface area (Å²) in [5.74, 6) is 0.525. The highest BCUT2D eigenvalue weighted by molar-refractivity contribution is 7.20. The van der Waals surface area contributed by atoms with Gasteiger partial charge < -0.3 is 10.2 Å². The van der Waals surface area contributed by atoms with E-state index in [9.17, 15) is 18.0 Å². The molecule has 1 aliphatic rings. The summed E-state index contributed by atoms with van der Waals surface area (Å²) in [6, 6.07) is 2.39. The Morgan fingerprint density at radius 2 is 2.00 bits per heavy atom. The maximum atomic E-state index is 12.9. The van der Waals surface area contributed by atoms with Gasteiger partial charge in [-0.2, -0.15) is 13.2 Å². The molecule has 0 atom stereocenters. The fourth-order valence-corrected chi connectivity index (χ4v) is 4.53. The third-order valence-corrected chi connectivity index (χ3v) is 6.18. The number of piperidine rings is 1. The molecule has 0 aliphatic carbocycles. The molecule has 3 rings (SSSR count). The minimum atomic E-state index is -4.48. The number of nitrogens with zero attached hydrogens (tertiary/aromatic N) is 2. The molecule has 27 heavy (non-hydrogen) atoms. The van der Waals surface area contributed by atoms with Crippen LogP contribution in [0, 0.1) is 12.8 Å². The van der Waals surface area contributed by atoms with Crippen LogP contribution in [0.2, 0.25) is 0 Å². The molecule has 2 aromatic heterocycles. The number of hydrogen-bond donors (Lipinski definition) is 1. The normalized spacial score (nSPS) is 15.8. The van der Waals surface area contributed by atoms with E-state index in [0.29, 0.717) is 34.8 Å². The summed E-state index contributed by atoms with van der Waals surface area (Å²) in [5.41, 5.74) is -0.205. The number of pyridine rings is 1. The Kier molecular flexibility index (Phi) is 7.10. The van der Waals surface area contributed by atoms with Gasteiger partial charge in [-0.05, 0) is 63.4 Å². The summed E-state index contributed by atoms with van der Waals surface area (Å²) in [4.78, 5) is 19.2. The molecule has 1 aliphatic heterocycles. The van der Waals surface area contributed by atoms with Crippen molar-refractivity contribution >= 4 is 39.9 Å². The van der Waals surface area contributed by atoms with Crippen LogP contribution >= 0.6 is 23.7 Å². The van der Waals surface area contributed by atoms with Crippen LogP contribution in [0.4, 0.5) is 13.2 Å². The Balaban J connectivity index is 0.00000261. The minimum absolute atomic E-state index is 0. The lowest BCUT2D eigenvalue weighted by molar-refractivity contribution is -0.140. The van der Waals surface area contributed by atoms with Gasteiger partial charge in [-0.15, -0.1) is 23.7 Å². The molecule has 9 heteroatoms. The second-order valence-electron chi connectivity index (χ2n) is 6.73. The first-order chi connectivity index (χ1) is 12.3. The SMILES string of the molecule is CNCCC1CCN(C(=O)c2sc3nc(C(F)(F)F)ccc3c2C)CC1.Cl. The van der Waals surface area contributed by atoms with Gasteiger partial charge in [0.2, 0.25) is 0 Å². The van der Waals surface area contributed by atoms with Crippen molar-refractivity contribution < 1.29 is 18.0 Å². The molecule has 0 radical (unpaired) electrons. The lowest BCUT2D eigenvalue weighted by Gasteiger charge is -2.32. The molecule has 0 bridgehead atoms. The maximum absolute atomic E-state index is 12.9. The molecule has 1 amide bonds. The average molecular weight is 422 g/mol. The molecular formula is C18H23ClF3N3OS. The van der Waals surface area contributed by atoms with E-state index in [-0.39, 0.29) is 23.1 Å². The number of hydrogen-bond acceptors (Lipinski definition) is 4. The van der Waals surface area contributed by atoms with E-state index in [1.54, 1.807) is 6.92 Å². The molecule has 2 aromatic rings. The van der Waals surface area contributed by atoms with Gasteiger partial charge in [-0.1, -0.05) is 0 Å². The lowest BCUT2D eigenvalue weighted by atomic mass is 9.93. The van der Waals surface area contributed by atoms with Crippen molar-refractivity contribution in [2.75, 3.05) is 26.7 Å². The smallest absolute Gasteiger partial charge is 0.338 e. The third-order valence-electron chi connectivity index (χ3n) is 4.99. The van der Waals surface area contributed by atoms with Crippen LogP contribution < -0.4 is 5.32 Å².